The van der Waals surface area contributed by atoms with Gasteiger partial charge in [-0.15, -0.1) is 0 Å². The van der Waals surface area contributed by atoms with Crippen LogP contribution in [-0.4, -0.2) is 32.5 Å². The highest BCUT2D eigenvalue weighted by molar-refractivity contribution is 8.00. The second kappa shape index (κ2) is 5.65. The van der Waals surface area contributed by atoms with Gasteiger partial charge in [0.25, 0.3) is 0 Å². The molecule has 0 fully saturated rings. The lowest BCUT2D eigenvalue weighted by Crippen LogP contribution is -2.39. The van der Waals surface area contributed by atoms with E-state index in [2.05, 4.69) is 30.2 Å². The van der Waals surface area contributed by atoms with Gasteiger partial charge in [-0.2, -0.15) is 0 Å². The second-order valence-corrected chi connectivity index (χ2v) is 3.33. The SMILES string of the molecule is O=C(O)CC[C@H](NC(=S)[S-])C(=O)O. The fourth-order valence-electron chi connectivity index (χ4n) is 0.667. The van der Waals surface area contributed by atoms with Crippen molar-refractivity contribution in [1.82, 2.24) is 5.32 Å². The monoisotopic (exact) mass is 222 g/mol. The number of thiocarbonyl (C=S) groups is 1. The Bertz CT molecular complexity index is 231. The van der Waals surface area contributed by atoms with Gasteiger partial charge in [0.05, 0.1) is 0 Å². The lowest BCUT2D eigenvalue weighted by Gasteiger charge is -2.17. The van der Waals surface area contributed by atoms with Crippen LogP contribution in [0.15, 0.2) is 0 Å². The Balaban J connectivity index is 4.02. The van der Waals surface area contributed by atoms with E-state index in [1.807, 2.05) is 0 Å². The maximum atomic E-state index is 10.5. The highest BCUT2D eigenvalue weighted by Crippen LogP contribution is 1.97. The van der Waals surface area contributed by atoms with Crippen molar-refractivity contribution < 1.29 is 19.8 Å². The first-order valence-electron chi connectivity index (χ1n) is 3.35. The van der Waals surface area contributed by atoms with Gasteiger partial charge in [0.2, 0.25) is 0 Å². The predicted octanol–water partition coefficient (Wildman–Crippen LogP) is -0.274. The fraction of sp³-hybridized carbons (Fsp3) is 0.500. The molecule has 0 spiro atoms. The molecular formula is C6H8NO4S2-. The summed E-state index contributed by atoms with van der Waals surface area (Å²) in [6.45, 7) is 0. The van der Waals surface area contributed by atoms with Gasteiger partial charge in [0.1, 0.15) is 6.04 Å². The van der Waals surface area contributed by atoms with Gasteiger partial charge in [-0.25, -0.2) is 4.79 Å². The number of hydrogen-bond acceptors (Lipinski definition) is 4. The molecule has 0 aromatic heterocycles. The Morgan fingerprint density at radius 1 is 1.46 bits per heavy atom. The first-order chi connectivity index (χ1) is 5.93. The van der Waals surface area contributed by atoms with Gasteiger partial charge in [0, 0.05) is 6.42 Å². The molecule has 0 amide bonds. The third kappa shape index (κ3) is 6.23. The minimum Gasteiger partial charge on any atom is -0.481 e. The summed E-state index contributed by atoms with van der Waals surface area (Å²) in [7, 11) is 0. The number of carboxylic acid groups (broad SMARTS) is 2. The molecular weight excluding hydrogens is 214 g/mol. The van der Waals surface area contributed by atoms with Crippen LogP contribution in [0, 0.1) is 0 Å². The smallest absolute Gasteiger partial charge is 0.326 e. The van der Waals surface area contributed by atoms with Crippen LogP contribution < -0.4 is 5.32 Å². The standard InChI is InChI=1S/C6H9NO4S2/c8-4(9)2-1-3(5(10)11)7-6(12)13/h3H,1-2H2,(H,8,9)(H,10,11)(H2,7,12,13)/p-1/t3-/m0/s1. The molecule has 0 saturated heterocycles. The Kier molecular flexibility index (Phi) is 5.24. The zero-order chi connectivity index (χ0) is 10.4. The van der Waals surface area contributed by atoms with Crippen LogP contribution in [0.5, 0.6) is 0 Å². The topological polar surface area (TPSA) is 86.6 Å². The molecule has 0 aliphatic rings. The van der Waals surface area contributed by atoms with Crippen molar-refractivity contribution in [3.63, 3.8) is 0 Å². The van der Waals surface area contributed by atoms with Crippen molar-refractivity contribution >= 4 is 41.1 Å². The molecule has 5 nitrogen and oxygen atoms in total. The Morgan fingerprint density at radius 2 is 2.00 bits per heavy atom. The molecule has 74 valence electrons. The summed E-state index contributed by atoms with van der Waals surface area (Å²) < 4.78 is -0.0715. The molecule has 0 saturated carbocycles. The number of carbonyl (C=O) groups is 2. The predicted molar refractivity (Wildman–Crippen MR) is 51.4 cm³/mol. The highest BCUT2D eigenvalue weighted by Gasteiger charge is 2.16. The van der Waals surface area contributed by atoms with E-state index in [4.69, 9.17) is 10.2 Å². The van der Waals surface area contributed by atoms with Crippen molar-refractivity contribution in [3.8, 4) is 0 Å². The van der Waals surface area contributed by atoms with Gasteiger partial charge in [-0.1, -0.05) is 4.32 Å². The minimum absolute atomic E-state index is 0.0402. The van der Waals surface area contributed by atoms with Crippen LogP contribution in [0.25, 0.3) is 0 Å². The van der Waals surface area contributed by atoms with E-state index in [0.717, 1.165) is 0 Å². The van der Waals surface area contributed by atoms with Crippen molar-refractivity contribution in [1.29, 1.82) is 0 Å². The number of aliphatic carboxylic acids is 2. The van der Waals surface area contributed by atoms with Crippen molar-refractivity contribution in [3.05, 3.63) is 0 Å². The normalized spacial score (nSPS) is 11.7. The second-order valence-electron chi connectivity index (χ2n) is 2.26. The summed E-state index contributed by atoms with van der Waals surface area (Å²) >= 11 is 8.93. The van der Waals surface area contributed by atoms with Gasteiger partial charge in [-0.3, -0.25) is 4.79 Å². The van der Waals surface area contributed by atoms with Crippen molar-refractivity contribution in [2.45, 2.75) is 18.9 Å². The molecule has 0 aliphatic carbocycles. The minimum atomic E-state index is -1.16. The first kappa shape index (κ1) is 12.0. The Labute approximate surface area is 85.5 Å². The van der Waals surface area contributed by atoms with Gasteiger partial charge >= 0.3 is 11.9 Å². The molecule has 0 aromatic rings. The summed E-state index contributed by atoms with van der Waals surface area (Å²) in [4.78, 5) is 20.6. The Hall–Kier alpha value is -0.950. The lowest BCUT2D eigenvalue weighted by molar-refractivity contribution is -0.140. The number of hydrogen-bond donors (Lipinski definition) is 3. The van der Waals surface area contributed by atoms with Gasteiger partial charge in [-0.05, 0) is 6.42 Å². The maximum absolute atomic E-state index is 10.5. The van der Waals surface area contributed by atoms with E-state index in [0.29, 0.717) is 0 Å². The third-order valence-electron chi connectivity index (χ3n) is 1.24. The van der Waals surface area contributed by atoms with E-state index in [1.54, 1.807) is 0 Å². The number of nitrogens with one attached hydrogen (secondary N) is 1. The molecule has 1 atom stereocenters. The average molecular weight is 222 g/mol. The van der Waals surface area contributed by atoms with Crippen LogP contribution in [-0.2, 0) is 22.2 Å². The maximum Gasteiger partial charge on any atom is 0.326 e. The van der Waals surface area contributed by atoms with Crippen LogP contribution in [0.3, 0.4) is 0 Å². The molecule has 0 aromatic carbocycles. The molecule has 0 unspecified atom stereocenters. The van der Waals surface area contributed by atoms with E-state index in [-0.39, 0.29) is 17.2 Å². The van der Waals surface area contributed by atoms with E-state index >= 15 is 0 Å². The van der Waals surface area contributed by atoms with Crippen LogP contribution in [0.2, 0.25) is 0 Å². The van der Waals surface area contributed by atoms with Gasteiger partial charge < -0.3 is 40.4 Å². The fourth-order valence-corrected chi connectivity index (χ4v) is 0.952. The lowest BCUT2D eigenvalue weighted by atomic mass is 10.1. The molecule has 0 radical (unpaired) electrons. The summed E-state index contributed by atoms with van der Waals surface area (Å²) in [5.74, 6) is -2.21. The number of rotatable bonds is 5. The third-order valence-corrected chi connectivity index (χ3v) is 1.47. The molecule has 0 heterocycles. The average Bonchev–Trinajstić information content (AvgIpc) is 1.96. The highest BCUT2D eigenvalue weighted by atomic mass is 32.1. The summed E-state index contributed by atoms with van der Waals surface area (Å²) in [6, 6.07) is -1.01. The zero-order valence-electron chi connectivity index (χ0n) is 6.52. The first-order valence-corrected chi connectivity index (χ1v) is 4.17. The zero-order valence-corrected chi connectivity index (χ0v) is 8.15. The van der Waals surface area contributed by atoms with Crippen molar-refractivity contribution in [2.75, 3.05) is 0 Å². The molecule has 13 heavy (non-hydrogen) atoms. The molecule has 0 rings (SSSR count). The molecule has 3 N–H and O–H groups in total. The van der Waals surface area contributed by atoms with Crippen molar-refractivity contribution in [2.24, 2.45) is 0 Å². The molecule has 7 heteroatoms. The quantitative estimate of drug-likeness (QED) is 0.436. The van der Waals surface area contributed by atoms with E-state index in [9.17, 15) is 9.59 Å². The molecule has 0 bridgehead atoms. The summed E-state index contributed by atoms with van der Waals surface area (Å²) in [5.41, 5.74) is 0. The summed E-state index contributed by atoms with van der Waals surface area (Å²) in [5, 5.41) is 19.2. The van der Waals surface area contributed by atoms with E-state index < -0.39 is 18.0 Å². The van der Waals surface area contributed by atoms with E-state index in [1.165, 1.54) is 0 Å². The van der Waals surface area contributed by atoms with Gasteiger partial charge in [0.15, 0.2) is 0 Å². The largest absolute Gasteiger partial charge is 0.481 e. The number of carboxylic acids is 2. The van der Waals surface area contributed by atoms with Crippen LogP contribution >= 0.6 is 12.2 Å². The Morgan fingerprint density at radius 3 is 2.31 bits per heavy atom. The summed E-state index contributed by atoms with van der Waals surface area (Å²) in [6.07, 6.45) is -0.274. The van der Waals surface area contributed by atoms with Crippen LogP contribution in [0.4, 0.5) is 0 Å². The van der Waals surface area contributed by atoms with Crippen LogP contribution in [0.1, 0.15) is 12.8 Å². The molecule has 0 aliphatic heterocycles.